The van der Waals surface area contributed by atoms with Crippen molar-refractivity contribution in [3.8, 4) is 22.8 Å². The van der Waals surface area contributed by atoms with Crippen LogP contribution in [0.5, 0.6) is 11.5 Å². The zero-order chi connectivity index (χ0) is 24.3. The van der Waals surface area contributed by atoms with E-state index in [4.69, 9.17) is 9.47 Å². The zero-order valence-electron chi connectivity index (χ0n) is 19.5. The maximum absolute atomic E-state index is 12.6. The largest absolute Gasteiger partial charge is 0.491 e. The Morgan fingerprint density at radius 2 is 1.94 bits per heavy atom. The van der Waals surface area contributed by atoms with Crippen molar-refractivity contribution >= 4 is 21.6 Å². The van der Waals surface area contributed by atoms with E-state index in [0.717, 1.165) is 16.9 Å². The van der Waals surface area contributed by atoms with E-state index >= 15 is 0 Å². The number of carbonyl (C=O) groups is 1. The molecule has 1 aliphatic rings. The summed E-state index contributed by atoms with van der Waals surface area (Å²) in [5.41, 5.74) is 2.46. The van der Waals surface area contributed by atoms with Gasteiger partial charge < -0.3 is 14.8 Å². The van der Waals surface area contributed by atoms with Gasteiger partial charge in [-0.05, 0) is 63.1 Å². The fourth-order valence-corrected chi connectivity index (χ4v) is 5.61. The number of aryl methyl sites for hydroxylation is 1. The number of para-hydroxylation sites is 1. The first-order valence-corrected chi connectivity index (χ1v) is 13.1. The fourth-order valence-electron chi connectivity index (χ4n) is 3.91. The van der Waals surface area contributed by atoms with Gasteiger partial charge in [-0.3, -0.25) is 4.79 Å². The molecule has 2 aromatic carbocycles. The lowest BCUT2D eigenvalue weighted by atomic mass is 10.1. The minimum Gasteiger partial charge on any atom is -0.491 e. The van der Waals surface area contributed by atoms with Gasteiger partial charge in [0.25, 0.3) is 5.91 Å². The lowest BCUT2D eigenvalue weighted by Gasteiger charge is -2.14. The van der Waals surface area contributed by atoms with Crippen LogP contribution in [0, 0.1) is 6.92 Å². The van der Waals surface area contributed by atoms with Crippen molar-refractivity contribution in [3.63, 3.8) is 0 Å². The number of hydrogen-bond acceptors (Lipinski definition) is 6. The normalized spacial score (nSPS) is 17.0. The molecule has 2 heterocycles. The van der Waals surface area contributed by atoms with Gasteiger partial charge in [-0.1, -0.05) is 18.2 Å². The number of benzene rings is 2. The van der Waals surface area contributed by atoms with Gasteiger partial charge in [-0.25, -0.2) is 13.1 Å². The summed E-state index contributed by atoms with van der Waals surface area (Å²) in [6.07, 6.45) is 0.514. The summed E-state index contributed by atoms with van der Waals surface area (Å²) >= 11 is 0. The number of amides is 1. The van der Waals surface area contributed by atoms with Crippen molar-refractivity contribution in [2.45, 2.75) is 39.3 Å². The van der Waals surface area contributed by atoms with E-state index in [-0.39, 0.29) is 36.2 Å². The highest BCUT2D eigenvalue weighted by Crippen LogP contribution is 2.32. The molecule has 180 valence electrons. The summed E-state index contributed by atoms with van der Waals surface area (Å²) in [6.45, 7) is 5.74. The molecule has 0 bridgehead atoms. The Morgan fingerprint density at radius 1 is 1.18 bits per heavy atom. The molecule has 8 nitrogen and oxygen atoms in total. The summed E-state index contributed by atoms with van der Waals surface area (Å²) < 4.78 is 37.2. The van der Waals surface area contributed by atoms with Gasteiger partial charge in [-0.2, -0.15) is 5.10 Å². The van der Waals surface area contributed by atoms with Gasteiger partial charge in [0.2, 0.25) is 0 Å². The molecule has 0 radical (unpaired) electrons. The highest BCUT2D eigenvalue weighted by molar-refractivity contribution is 7.91. The second-order valence-electron chi connectivity index (χ2n) is 8.71. The van der Waals surface area contributed by atoms with Gasteiger partial charge in [0.1, 0.15) is 17.3 Å². The first kappa shape index (κ1) is 23.8. The number of anilines is 1. The molecule has 1 amide bonds. The third-order valence-corrected chi connectivity index (χ3v) is 7.25. The van der Waals surface area contributed by atoms with Crippen LogP contribution < -0.4 is 14.8 Å². The van der Waals surface area contributed by atoms with Crippen molar-refractivity contribution in [2.75, 3.05) is 23.4 Å². The Morgan fingerprint density at radius 3 is 2.59 bits per heavy atom. The van der Waals surface area contributed by atoms with E-state index in [1.54, 1.807) is 22.9 Å². The van der Waals surface area contributed by atoms with Crippen LogP contribution in [0.25, 0.3) is 11.3 Å². The predicted octanol–water partition coefficient (Wildman–Crippen LogP) is 4.02. The summed E-state index contributed by atoms with van der Waals surface area (Å²) in [7, 11) is -3.13. The van der Waals surface area contributed by atoms with E-state index in [2.05, 4.69) is 10.4 Å². The van der Waals surface area contributed by atoms with E-state index in [9.17, 15) is 13.2 Å². The number of hydrogen-bond donors (Lipinski definition) is 1. The van der Waals surface area contributed by atoms with E-state index in [1.165, 1.54) is 0 Å². The van der Waals surface area contributed by atoms with Crippen molar-refractivity contribution in [1.29, 1.82) is 0 Å². The number of nitrogens with one attached hydrogen (secondary N) is 1. The third kappa shape index (κ3) is 5.77. The lowest BCUT2D eigenvalue weighted by molar-refractivity contribution is -0.118. The maximum Gasteiger partial charge on any atom is 0.263 e. The number of aromatic nitrogens is 2. The first-order chi connectivity index (χ1) is 16.2. The van der Waals surface area contributed by atoms with Crippen LogP contribution in [0.3, 0.4) is 0 Å². The predicted molar refractivity (Wildman–Crippen MR) is 131 cm³/mol. The van der Waals surface area contributed by atoms with E-state index in [0.29, 0.717) is 23.7 Å². The standard InChI is InChI=1S/C25H29N3O5S/c1-17(2)33-23-10-9-19(13-18(23)3)22-14-24(28(27-22)20-11-12-34(30,31)16-20)26-25(29)15-32-21-7-5-4-6-8-21/h4-10,13-14,17,20H,11-12,15-16H2,1-3H3,(H,26,29)/t20-/m1/s1. The Labute approximate surface area is 199 Å². The van der Waals surface area contributed by atoms with Crippen molar-refractivity contribution in [3.05, 3.63) is 60.2 Å². The third-order valence-electron chi connectivity index (χ3n) is 5.50. The quantitative estimate of drug-likeness (QED) is 0.519. The van der Waals surface area contributed by atoms with E-state index < -0.39 is 9.84 Å². The van der Waals surface area contributed by atoms with Crippen LogP contribution in [0.1, 0.15) is 31.9 Å². The Balaban J connectivity index is 1.58. The van der Waals surface area contributed by atoms with Gasteiger partial charge in [-0.15, -0.1) is 0 Å². The molecule has 9 heteroatoms. The summed E-state index contributed by atoms with van der Waals surface area (Å²) in [5.74, 6) is 1.59. The van der Waals surface area contributed by atoms with Crippen LogP contribution in [-0.2, 0) is 14.6 Å². The Hall–Kier alpha value is -3.33. The molecule has 1 fully saturated rings. The molecule has 1 saturated heterocycles. The van der Waals surface area contributed by atoms with Crippen molar-refractivity contribution in [2.24, 2.45) is 0 Å². The highest BCUT2D eigenvalue weighted by atomic mass is 32.2. The molecule has 0 unspecified atom stereocenters. The van der Waals surface area contributed by atoms with Crippen LogP contribution in [-0.4, -0.2) is 48.3 Å². The smallest absolute Gasteiger partial charge is 0.263 e. The minimum absolute atomic E-state index is 0.00228. The van der Waals surface area contributed by atoms with Crippen LogP contribution >= 0.6 is 0 Å². The first-order valence-electron chi connectivity index (χ1n) is 11.3. The van der Waals surface area contributed by atoms with Crippen LogP contribution in [0.4, 0.5) is 5.82 Å². The van der Waals surface area contributed by atoms with Crippen molar-refractivity contribution < 1.29 is 22.7 Å². The number of sulfone groups is 1. The lowest BCUT2D eigenvalue weighted by Crippen LogP contribution is -2.23. The topological polar surface area (TPSA) is 99.5 Å². The van der Waals surface area contributed by atoms with Gasteiger partial charge in [0, 0.05) is 11.6 Å². The van der Waals surface area contributed by atoms with Crippen LogP contribution in [0.15, 0.2) is 54.6 Å². The molecular weight excluding hydrogens is 454 g/mol. The molecular formula is C25H29N3O5S. The molecule has 1 atom stereocenters. The molecule has 0 saturated carbocycles. The van der Waals surface area contributed by atoms with Gasteiger partial charge in [0.15, 0.2) is 16.4 Å². The molecule has 34 heavy (non-hydrogen) atoms. The fraction of sp³-hybridized carbons (Fsp3) is 0.360. The number of carbonyl (C=O) groups excluding carboxylic acids is 1. The van der Waals surface area contributed by atoms with Gasteiger partial charge >= 0.3 is 0 Å². The summed E-state index contributed by atoms with van der Waals surface area (Å²) in [4.78, 5) is 12.6. The molecule has 1 aromatic heterocycles. The number of nitrogens with zero attached hydrogens (tertiary/aromatic N) is 2. The van der Waals surface area contributed by atoms with Crippen molar-refractivity contribution in [1.82, 2.24) is 9.78 Å². The highest BCUT2D eigenvalue weighted by Gasteiger charge is 2.32. The maximum atomic E-state index is 12.6. The SMILES string of the molecule is Cc1cc(-c2cc(NC(=O)COc3ccccc3)n([C@@H]3CCS(=O)(=O)C3)n2)ccc1OC(C)C. The second-order valence-corrected chi connectivity index (χ2v) is 10.9. The minimum atomic E-state index is -3.13. The van der Waals surface area contributed by atoms with Crippen LogP contribution in [0.2, 0.25) is 0 Å². The summed E-state index contributed by atoms with van der Waals surface area (Å²) in [5, 5.41) is 7.53. The second kappa shape index (κ2) is 9.89. The molecule has 4 rings (SSSR count). The molecule has 1 N–H and O–H groups in total. The molecule has 0 spiro atoms. The molecule has 1 aliphatic heterocycles. The average molecular weight is 484 g/mol. The monoisotopic (exact) mass is 483 g/mol. The molecule has 0 aliphatic carbocycles. The summed E-state index contributed by atoms with van der Waals surface area (Å²) in [6, 6.07) is 16.3. The Kier molecular flexibility index (Phi) is 6.92. The average Bonchev–Trinajstić information content (AvgIpc) is 3.37. The zero-order valence-corrected chi connectivity index (χ0v) is 20.3. The number of rotatable bonds is 8. The van der Waals surface area contributed by atoms with E-state index in [1.807, 2.05) is 57.2 Å². The number of ether oxygens (including phenoxy) is 2. The van der Waals surface area contributed by atoms with Gasteiger partial charge in [0.05, 0.1) is 29.3 Å². The Bertz CT molecular complexity index is 1270. The molecule has 3 aromatic rings.